The zero-order valence-corrected chi connectivity index (χ0v) is 12.3. The fourth-order valence-corrected chi connectivity index (χ4v) is 2.37. The number of halogens is 1. The molecule has 20 heavy (non-hydrogen) atoms. The van der Waals surface area contributed by atoms with Gasteiger partial charge in [0, 0.05) is 17.3 Å². The predicted molar refractivity (Wildman–Crippen MR) is 80.9 cm³/mol. The molecule has 2 aromatic rings. The Bertz CT molecular complexity index is 590. The normalized spacial score (nSPS) is 12.1. The van der Waals surface area contributed by atoms with Crippen LogP contribution in [0.5, 0.6) is 5.75 Å². The quantitative estimate of drug-likeness (QED) is 0.877. The molecule has 0 amide bonds. The summed E-state index contributed by atoms with van der Waals surface area (Å²) < 4.78 is 19.0. The maximum atomic E-state index is 14.0. The van der Waals surface area contributed by atoms with E-state index < -0.39 is 0 Å². The summed E-state index contributed by atoms with van der Waals surface area (Å²) in [6, 6.07) is 11.1. The molecule has 0 saturated carbocycles. The molecule has 1 atom stereocenters. The smallest absolute Gasteiger partial charge is 0.132 e. The summed E-state index contributed by atoms with van der Waals surface area (Å²) >= 11 is 0. The minimum absolute atomic E-state index is 0.109. The molecule has 106 valence electrons. The predicted octanol–water partition coefficient (Wildman–Crippen LogP) is 4.62. The lowest BCUT2D eigenvalue weighted by molar-refractivity contribution is 0.410. The van der Waals surface area contributed by atoms with Gasteiger partial charge in [0.05, 0.1) is 13.2 Å². The van der Waals surface area contributed by atoms with E-state index in [2.05, 4.69) is 37.4 Å². The van der Waals surface area contributed by atoms with E-state index in [1.165, 1.54) is 24.3 Å². The fraction of sp³-hybridized carbons (Fsp3) is 0.294. The number of methoxy groups -OCH3 is 1. The van der Waals surface area contributed by atoms with Crippen LogP contribution in [0.1, 0.15) is 29.7 Å². The standard InChI is InChI=1S/C17H20FNO/c1-11-7-12(2)9-14(8-11)19-13(3)16-6-5-15(20-4)10-17(16)18/h5-10,13,19H,1-4H3. The van der Waals surface area contributed by atoms with Crippen LogP contribution in [0.15, 0.2) is 36.4 Å². The van der Waals surface area contributed by atoms with Gasteiger partial charge in [-0.05, 0) is 50.1 Å². The summed E-state index contributed by atoms with van der Waals surface area (Å²) in [5.41, 5.74) is 4.01. The van der Waals surface area contributed by atoms with Gasteiger partial charge in [-0.3, -0.25) is 0 Å². The van der Waals surface area contributed by atoms with Crippen molar-refractivity contribution in [2.75, 3.05) is 12.4 Å². The molecule has 0 radical (unpaired) electrons. The number of hydrogen-bond acceptors (Lipinski definition) is 2. The molecule has 0 fully saturated rings. The molecule has 1 unspecified atom stereocenters. The minimum Gasteiger partial charge on any atom is -0.497 e. The molecule has 2 aromatic carbocycles. The highest BCUT2D eigenvalue weighted by Crippen LogP contribution is 2.25. The SMILES string of the molecule is COc1ccc(C(C)Nc2cc(C)cc(C)c2)c(F)c1. The molecule has 0 spiro atoms. The molecule has 0 bridgehead atoms. The molecule has 0 aromatic heterocycles. The van der Waals surface area contributed by atoms with Crippen molar-refractivity contribution in [3.63, 3.8) is 0 Å². The summed E-state index contributed by atoms with van der Waals surface area (Å²) in [6.07, 6.45) is 0. The molecule has 0 saturated heterocycles. The number of rotatable bonds is 4. The Kier molecular flexibility index (Phi) is 4.28. The first-order valence-electron chi connectivity index (χ1n) is 6.68. The van der Waals surface area contributed by atoms with Crippen molar-refractivity contribution in [2.45, 2.75) is 26.8 Å². The highest BCUT2D eigenvalue weighted by atomic mass is 19.1. The molecule has 1 N–H and O–H groups in total. The van der Waals surface area contributed by atoms with Crippen LogP contribution in [-0.4, -0.2) is 7.11 Å². The number of nitrogens with one attached hydrogen (secondary N) is 1. The Morgan fingerprint density at radius 3 is 2.25 bits per heavy atom. The highest BCUT2D eigenvalue weighted by molar-refractivity contribution is 5.50. The molecule has 3 heteroatoms. The second kappa shape index (κ2) is 5.95. The molecule has 2 rings (SSSR count). The monoisotopic (exact) mass is 273 g/mol. The Labute approximate surface area is 119 Å². The van der Waals surface area contributed by atoms with Crippen LogP contribution in [0, 0.1) is 19.7 Å². The molecule has 2 nitrogen and oxygen atoms in total. The molecular weight excluding hydrogens is 253 g/mol. The Morgan fingerprint density at radius 1 is 1.05 bits per heavy atom. The lowest BCUT2D eigenvalue weighted by atomic mass is 10.1. The van der Waals surface area contributed by atoms with Crippen molar-refractivity contribution in [1.29, 1.82) is 0 Å². The van der Waals surface area contributed by atoms with Gasteiger partial charge in [-0.1, -0.05) is 12.1 Å². The van der Waals surface area contributed by atoms with Crippen molar-refractivity contribution in [3.05, 3.63) is 58.9 Å². The third-order valence-electron chi connectivity index (χ3n) is 3.28. The third kappa shape index (κ3) is 3.29. The van der Waals surface area contributed by atoms with E-state index in [9.17, 15) is 4.39 Å². The number of aryl methyl sites for hydroxylation is 2. The molecular formula is C17H20FNO. The van der Waals surface area contributed by atoms with Crippen LogP contribution < -0.4 is 10.1 Å². The number of benzene rings is 2. The number of hydrogen-bond donors (Lipinski definition) is 1. The summed E-state index contributed by atoms with van der Waals surface area (Å²) in [5, 5.41) is 3.34. The van der Waals surface area contributed by atoms with Gasteiger partial charge in [-0.25, -0.2) is 4.39 Å². The van der Waals surface area contributed by atoms with Crippen LogP contribution in [-0.2, 0) is 0 Å². The van der Waals surface area contributed by atoms with Gasteiger partial charge in [0.25, 0.3) is 0 Å². The molecule has 0 heterocycles. The zero-order valence-electron chi connectivity index (χ0n) is 12.3. The van der Waals surface area contributed by atoms with Crippen molar-refractivity contribution < 1.29 is 9.13 Å². The summed E-state index contributed by atoms with van der Waals surface area (Å²) in [4.78, 5) is 0. The topological polar surface area (TPSA) is 21.3 Å². The first-order valence-corrected chi connectivity index (χ1v) is 6.68. The van der Waals surface area contributed by atoms with Crippen LogP contribution in [0.3, 0.4) is 0 Å². The van der Waals surface area contributed by atoms with E-state index >= 15 is 0 Å². The Balaban J connectivity index is 2.21. The van der Waals surface area contributed by atoms with Gasteiger partial charge in [-0.15, -0.1) is 0 Å². The Morgan fingerprint density at radius 2 is 1.70 bits per heavy atom. The van der Waals surface area contributed by atoms with Crippen LogP contribution in [0.4, 0.5) is 10.1 Å². The minimum atomic E-state index is -0.256. The van der Waals surface area contributed by atoms with Gasteiger partial charge >= 0.3 is 0 Å². The Hall–Kier alpha value is -2.03. The van der Waals surface area contributed by atoms with Crippen LogP contribution >= 0.6 is 0 Å². The van der Waals surface area contributed by atoms with Crippen molar-refractivity contribution >= 4 is 5.69 Å². The van der Waals surface area contributed by atoms with E-state index in [-0.39, 0.29) is 11.9 Å². The second-order valence-electron chi connectivity index (χ2n) is 5.13. The van der Waals surface area contributed by atoms with Gasteiger partial charge < -0.3 is 10.1 Å². The van der Waals surface area contributed by atoms with Gasteiger partial charge in [0.15, 0.2) is 0 Å². The maximum Gasteiger partial charge on any atom is 0.132 e. The number of ether oxygens (including phenoxy) is 1. The van der Waals surface area contributed by atoms with Gasteiger partial charge in [-0.2, -0.15) is 0 Å². The molecule has 0 aliphatic rings. The van der Waals surface area contributed by atoms with Gasteiger partial charge in [0.2, 0.25) is 0 Å². The highest BCUT2D eigenvalue weighted by Gasteiger charge is 2.12. The van der Waals surface area contributed by atoms with Crippen molar-refractivity contribution in [1.82, 2.24) is 0 Å². The lowest BCUT2D eigenvalue weighted by Gasteiger charge is -2.18. The first-order chi connectivity index (χ1) is 9.49. The average molecular weight is 273 g/mol. The summed E-state index contributed by atoms with van der Waals surface area (Å²) in [6.45, 7) is 6.05. The summed E-state index contributed by atoms with van der Waals surface area (Å²) in [7, 11) is 1.53. The molecule has 0 aliphatic carbocycles. The number of anilines is 1. The van der Waals surface area contributed by atoms with E-state index in [1.54, 1.807) is 12.1 Å². The maximum absolute atomic E-state index is 14.0. The summed E-state index contributed by atoms with van der Waals surface area (Å²) in [5.74, 6) is 0.276. The first kappa shape index (κ1) is 14.4. The van der Waals surface area contributed by atoms with Crippen LogP contribution in [0.25, 0.3) is 0 Å². The van der Waals surface area contributed by atoms with Crippen LogP contribution in [0.2, 0.25) is 0 Å². The van der Waals surface area contributed by atoms with E-state index in [0.29, 0.717) is 11.3 Å². The third-order valence-corrected chi connectivity index (χ3v) is 3.28. The van der Waals surface area contributed by atoms with E-state index in [0.717, 1.165) is 5.69 Å². The fourth-order valence-electron chi connectivity index (χ4n) is 2.37. The zero-order chi connectivity index (χ0) is 14.7. The lowest BCUT2D eigenvalue weighted by Crippen LogP contribution is -2.09. The van der Waals surface area contributed by atoms with Gasteiger partial charge in [0.1, 0.15) is 11.6 Å². The second-order valence-corrected chi connectivity index (χ2v) is 5.13. The average Bonchev–Trinajstić information content (AvgIpc) is 2.36. The van der Waals surface area contributed by atoms with Crippen molar-refractivity contribution in [3.8, 4) is 5.75 Å². The molecule has 0 aliphatic heterocycles. The van der Waals surface area contributed by atoms with E-state index in [1.807, 2.05) is 6.92 Å². The van der Waals surface area contributed by atoms with Crippen molar-refractivity contribution in [2.24, 2.45) is 0 Å². The van der Waals surface area contributed by atoms with E-state index in [4.69, 9.17) is 4.74 Å². The largest absolute Gasteiger partial charge is 0.497 e.